The molecule has 0 saturated heterocycles. The van der Waals surface area contributed by atoms with Crippen LogP contribution in [0.2, 0.25) is 0 Å². The molecule has 0 aliphatic rings. The molecule has 0 heterocycles. The summed E-state index contributed by atoms with van der Waals surface area (Å²) in [6.07, 6.45) is 1.23. The molecule has 19 heavy (non-hydrogen) atoms. The van der Waals surface area contributed by atoms with Crippen LogP contribution in [0.25, 0.3) is 0 Å². The topological polar surface area (TPSA) is 55.6 Å². The molecule has 1 amide bonds. The average molecular weight is 287 g/mol. The summed E-state index contributed by atoms with van der Waals surface area (Å²) in [5, 5.41) is 0. The third kappa shape index (κ3) is 6.45. The molecule has 0 unspecified atom stereocenters. The van der Waals surface area contributed by atoms with Crippen molar-refractivity contribution in [3.63, 3.8) is 0 Å². The summed E-state index contributed by atoms with van der Waals surface area (Å²) in [5.74, 6) is 1.00. The van der Waals surface area contributed by atoms with E-state index >= 15 is 0 Å². The normalized spacial score (nSPS) is 9.63. The van der Waals surface area contributed by atoms with Crippen LogP contribution in [-0.4, -0.2) is 37.6 Å². The number of nitrogens with zero attached hydrogens (tertiary/aromatic N) is 1. The smallest absolute Gasteiger partial charge is 0.223 e. The van der Waals surface area contributed by atoms with Crippen molar-refractivity contribution < 1.29 is 9.53 Å². The molecule has 0 bridgehead atoms. The van der Waals surface area contributed by atoms with E-state index in [1.54, 1.807) is 11.9 Å². The van der Waals surface area contributed by atoms with Crippen molar-refractivity contribution in [1.29, 1.82) is 0 Å². The Bertz CT molecular complexity index is 385. The molecule has 0 aliphatic heterocycles. The number of hydrogen-bond donors (Lipinski definition) is 1. The van der Waals surface area contributed by atoms with Crippen molar-refractivity contribution in [3.8, 4) is 5.75 Å². The van der Waals surface area contributed by atoms with Gasteiger partial charge in [-0.3, -0.25) is 4.79 Å². The second-order valence-electron chi connectivity index (χ2n) is 4.32. The van der Waals surface area contributed by atoms with E-state index in [1.165, 1.54) is 0 Å². The van der Waals surface area contributed by atoms with Gasteiger partial charge in [-0.25, -0.2) is 0 Å². The molecule has 0 saturated carbocycles. The summed E-state index contributed by atoms with van der Waals surface area (Å²) in [6.45, 7) is 3.74. The number of aryl methyl sites for hydroxylation is 1. The lowest BCUT2D eigenvalue weighted by atomic mass is 10.2. The first kappa shape index (κ1) is 17.7. The van der Waals surface area contributed by atoms with Gasteiger partial charge < -0.3 is 15.4 Å². The molecule has 4 nitrogen and oxygen atoms in total. The van der Waals surface area contributed by atoms with Gasteiger partial charge in [0.1, 0.15) is 5.75 Å². The zero-order chi connectivity index (χ0) is 13.4. The number of amides is 1. The fourth-order valence-electron chi connectivity index (χ4n) is 1.64. The molecular formula is C14H23ClN2O2. The van der Waals surface area contributed by atoms with Gasteiger partial charge in [-0.1, -0.05) is 18.2 Å². The largest absolute Gasteiger partial charge is 0.493 e. The second kappa shape index (κ2) is 9.64. The van der Waals surface area contributed by atoms with E-state index in [4.69, 9.17) is 10.5 Å². The SMILES string of the molecule is Cc1ccccc1OCCCN(C)C(=O)CCN.Cl. The zero-order valence-electron chi connectivity index (χ0n) is 11.6. The van der Waals surface area contributed by atoms with E-state index in [1.807, 2.05) is 31.2 Å². The Morgan fingerprint density at radius 2 is 2.05 bits per heavy atom. The van der Waals surface area contributed by atoms with Crippen LogP contribution in [0.3, 0.4) is 0 Å². The summed E-state index contributed by atoms with van der Waals surface area (Å²) < 4.78 is 5.66. The van der Waals surface area contributed by atoms with Crippen LogP contribution in [0.15, 0.2) is 24.3 Å². The first-order valence-electron chi connectivity index (χ1n) is 6.27. The molecule has 1 aromatic carbocycles. The molecule has 0 radical (unpaired) electrons. The van der Waals surface area contributed by atoms with Crippen LogP contribution in [0.1, 0.15) is 18.4 Å². The maximum absolute atomic E-state index is 11.5. The summed E-state index contributed by atoms with van der Waals surface area (Å²) in [5.41, 5.74) is 6.47. The lowest BCUT2D eigenvalue weighted by molar-refractivity contribution is -0.129. The minimum absolute atomic E-state index is 0. The van der Waals surface area contributed by atoms with E-state index in [9.17, 15) is 4.79 Å². The highest BCUT2D eigenvalue weighted by molar-refractivity contribution is 5.85. The second-order valence-corrected chi connectivity index (χ2v) is 4.32. The van der Waals surface area contributed by atoms with Gasteiger partial charge in [0.2, 0.25) is 5.91 Å². The molecule has 1 rings (SSSR count). The minimum atomic E-state index is 0. The van der Waals surface area contributed by atoms with Crippen molar-refractivity contribution in [3.05, 3.63) is 29.8 Å². The van der Waals surface area contributed by atoms with Crippen LogP contribution >= 0.6 is 12.4 Å². The van der Waals surface area contributed by atoms with Gasteiger partial charge in [-0.2, -0.15) is 0 Å². The Kier molecular flexibility index (Phi) is 9.00. The third-order valence-electron chi connectivity index (χ3n) is 2.77. The van der Waals surface area contributed by atoms with E-state index < -0.39 is 0 Å². The number of halogens is 1. The lowest BCUT2D eigenvalue weighted by Crippen LogP contribution is -2.30. The van der Waals surface area contributed by atoms with Crippen LogP contribution in [-0.2, 0) is 4.79 Å². The fourth-order valence-corrected chi connectivity index (χ4v) is 1.64. The Labute approximate surface area is 121 Å². The number of hydrogen-bond acceptors (Lipinski definition) is 3. The average Bonchev–Trinajstić information content (AvgIpc) is 2.36. The van der Waals surface area contributed by atoms with Crippen molar-refractivity contribution in [1.82, 2.24) is 4.90 Å². The van der Waals surface area contributed by atoms with Gasteiger partial charge >= 0.3 is 0 Å². The maximum atomic E-state index is 11.5. The van der Waals surface area contributed by atoms with Gasteiger partial charge in [-0.15, -0.1) is 12.4 Å². The van der Waals surface area contributed by atoms with E-state index in [2.05, 4.69) is 0 Å². The van der Waals surface area contributed by atoms with Crippen molar-refractivity contribution in [2.75, 3.05) is 26.7 Å². The highest BCUT2D eigenvalue weighted by Crippen LogP contribution is 2.16. The van der Waals surface area contributed by atoms with Gasteiger partial charge in [0.15, 0.2) is 0 Å². The molecule has 0 spiro atoms. The quantitative estimate of drug-likeness (QED) is 0.780. The van der Waals surface area contributed by atoms with Crippen molar-refractivity contribution in [2.24, 2.45) is 5.73 Å². The Balaban J connectivity index is 0.00000324. The van der Waals surface area contributed by atoms with Crippen LogP contribution in [0.4, 0.5) is 0 Å². The number of nitrogens with two attached hydrogens (primary N) is 1. The van der Waals surface area contributed by atoms with Gasteiger partial charge in [-0.05, 0) is 25.0 Å². The fraction of sp³-hybridized carbons (Fsp3) is 0.500. The highest BCUT2D eigenvalue weighted by atomic mass is 35.5. The van der Waals surface area contributed by atoms with Crippen molar-refractivity contribution >= 4 is 18.3 Å². The minimum Gasteiger partial charge on any atom is -0.493 e. The number of carbonyl (C=O) groups is 1. The van der Waals surface area contributed by atoms with Crippen LogP contribution in [0, 0.1) is 6.92 Å². The molecule has 108 valence electrons. The number of carbonyl (C=O) groups excluding carboxylic acids is 1. The van der Waals surface area contributed by atoms with Crippen molar-refractivity contribution in [2.45, 2.75) is 19.8 Å². The number of para-hydroxylation sites is 1. The van der Waals surface area contributed by atoms with Gasteiger partial charge in [0.05, 0.1) is 6.61 Å². The highest BCUT2D eigenvalue weighted by Gasteiger charge is 2.06. The summed E-state index contributed by atoms with van der Waals surface area (Å²) >= 11 is 0. The molecule has 1 aromatic rings. The van der Waals surface area contributed by atoms with Gasteiger partial charge in [0.25, 0.3) is 0 Å². The Morgan fingerprint density at radius 3 is 2.68 bits per heavy atom. The standard InChI is InChI=1S/C14H22N2O2.ClH/c1-12-6-3-4-7-13(12)18-11-5-10-16(2)14(17)8-9-15;/h3-4,6-7H,5,8-11,15H2,1-2H3;1H. The monoisotopic (exact) mass is 286 g/mol. The van der Waals surface area contributed by atoms with Gasteiger partial charge in [0, 0.05) is 26.6 Å². The zero-order valence-corrected chi connectivity index (χ0v) is 12.4. The molecule has 0 fully saturated rings. The van der Waals surface area contributed by atoms with E-state index in [0.29, 0.717) is 26.1 Å². The first-order chi connectivity index (χ1) is 8.65. The predicted molar refractivity (Wildman–Crippen MR) is 79.8 cm³/mol. The van der Waals surface area contributed by atoms with E-state index in [-0.39, 0.29) is 18.3 Å². The maximum Gasteiger partial charge on any atom is 0.223 e. The third-order valence-corrected chi connectivity index (χ3v) is 2.77. The summed E-state index contributed by atoms with van der Waals surface area (Å²) in [7, 11) is 1.80. The number of ether oxygens (including phenoxy) is 1. The molecule has 2 N–H and O–H groups in total. The molecule has 0 aromatic heterocycles. The summed E-state index contributed by atoms with van der Waals surface area (Å²) in [4.78, 5) is 13.2. The first-order valence-corrected chi connectivity index (χ1v) is 6.27. The molecule has 0 aliphatic carbocycles. The Morgan fingerprint density at radius 1 is 1.37 bits per heavy atom. The molecular weight excluding hydrogens is 264 g/mol. The molecule has 5 heteroatoms. The Hall–Kier alpha value is -1.26. The number of benzene rings is 1. The predicted octanol–water partition coefficient (Wildman–Crippen LogP) is 1.99. The van der Waals surface area contributed by atoms with Crippen LogP contribution < -0.4 is 10.5 Å². The van der Waals surface area contributed by atoms with E-state index in [0.717, 1.165) is 17.7 Å². The molecule has 0 atom stereocenters. The number of rotatable bonds is 7. The lowest BCUT2D eigenvalue weighted by Gasteiger charge is -2.17. The van der Waals surface area contributed by atoms with Crippen LogP contribution in [0.5, 0.6) is 5.75 Å². The summed E-state index contributed by atoms with van der Waals surface area (Å²) in [6, 6.07) is 7.92.